The Morgan fingerprint density at radius 1 is 0.694 bits per heavy atom. The van der Waals surface area contributed by atoms with Gasteiger partial charge in [0.1, 0.15) is 5.75 Å². The lowest BCUT2D eigenvalue weighted by Crippen LogP contribution is -2.34. The van der Waals surface area contributed by atoms with Crippen LogP contribution in [0.2, 0.25) is 0 Å². The smallest absolute Gasteiger partial charge is 0.268 e. The molecule has 0 aromatic heterocycles. The topological polar surface area (TPSA) is 66.8 Å². The highest BCUT2D eigenvalue weighted by molar-refractivity contribution is 5.81. The molecule has 0 saturated carbocycles. The van der Waals surface area contributed by atoms with E-state index in [4.69, 9.17) is 4.74 Å². The number of nitrogens with zero attached hydrogens (tertiary/aromatic N) is 1. The normalized spacial score (nSPS) is 14.7. The molecule has 0 radical (unpaired) electrons. The van der Waals surface area contributed by atoms with Gasteiger partial charge < -0.3 is 14.7 Å². The first-order chi connectivity index (χ1) is 23.7. The fourth-order valence-electron chi connectivity index (χ4n) is 7.21. The number of unbranched alkanes of at least 4 members (excludes halogenated alkanes) is 9. The Labute approximate surface area is 293 Å². The molecule has 1 heterocycles. The average molecular weight is 662 g/mol. The van der Waals surface area contributed by atoms with Gasteiger partial charge in [-0.05, 0) is 77.4 Å². The Morgan fingerprint density at radius 2 is 1.20 bits per heavy atom. The average Bonchev–Trinajstić information content (AvgIpc) is 3.34. The van der Waals surface area contributed by atoms with Crippen LogP contribution in [0, 0.1) is 0 Å². The number of aromatic hydroxyl groups is 1. The molecule has 4 aromatic carbocycles. The summed E-state index contributed by atoms with van der Waals surface area (Å²) in [6.45, 7) is 11.7. The lowest BCUT2D eigenvalue weighted by Gasteiger charge is -2.27. The third-order valence-electron chi connectivity index (χ3n) is 10.4. The van der Waals surface area contributed by atoms with Gasteiger partial charge in [-0.25, -0.2) is 0 Å². The summed E-state index contributed by atoms with van der Waals surface area (Å²) < 4.78 is 6.10. The summed E-state index contributed by atoms with van der Waals surface area (Å²) >= 11 is 0. The Hall–Kier alpha value is -4.12. The van der Waals surface area contributed by atoms with E-state index in [-0.39, 0.29) is 11.7 Å². The molecule has 260 valence electrons. The number of fused-ring (bicyclic) bond motifs is 1. The van der Waals surface area contributed by atoms with E-state index >= 15 is 0 Å². The Morgan fingerprint density at radius 3 is 1.76 bits per heavy atom. The highest BCUT2D eigenvalue weighted by atomic mass is 16.5. The highest BCUT2D eigenvalue weighted by Crippen LogP contribution is 2.50. The molecule has 49 heavy (non-hydrogen) atoms. The summed E-state index contributed by atoms with van der Waals surface area (Å²) in [6, 6.07) is 23.7. The van der Waals surface area contributed by atoms with Crippen LogP contribution in [-0.4, -0.2) is 17.8 Å². The first-order valence-electron chi connectivity index (χ1n) is 18.7. The number of anilines is 1. The van der Waals surface area contributed by atoms with Crippen molar-refractivity contribution in [2.75, 3.05) is 11.4 Å². The van der Waals surface area contributed by atoms with Crippen molar-refractivity contribution in [2.24, 2.45) is 0 Å². The van der Waals surface area contributed by atoms with E-state index in [9.17, 15) is 14.7 Å². The molecule has 0 fully saturated rings. The molecule has 0 atom stereocenters. The van der Waals surface area contributed by atoms with Gasteiger partial charge in [-0.15, -0.1) is 0 Å². The van der Waals surface area contributed by atoms with E-state index in [1.165, 1.54) is 56.9 Å². The molecule has 1 aliphatic heterocycles. The number of ether oxygens (including phenoxy) is 1. The van der Waals surface area contributed by atoms with Crippen LogP contribution in [0.25, 0.3) is 28.3 Å². The molecule has 5 heteroatoms. The van der Waals surface area contributed by atoms with Crippen molar-refractivity contribution in [3.05, 3.63) is 104 Å². The van der Waals surface area contributed by atoms with Crippen molar-refractivity contribution < 1.29 is 9.84 Å². The van der Waals surface area contributed by atoms with Crippen LogP contribution in [0.15, 0.2) is 82.0 Å². The molecular formula is C44H55NO4. The van der Waals surface area contributed by atoms with Gasteiger partial charge in [0.05, 0.1) is 11.7 Å². The van der Waals surface area contributed by atoms with Gasteiger partial charge in [0, 0.05) is 23.3 Å². The second kappa shape index (κ2) is 16.5. The van der Waals surface area contributed by atoms with E-state index in [1.807, 2.05) is 0 Å². The number of rotatable bonds is 18. The SMILES string of the molecule is CCCCCCCCCCCCN1/C(=C/c2c(O)c(=O)c2=O)C(C)(C)c2cc(-c3ccc(-c4ccc(OC(CC)CC)cc4)cc3)ccc21. The quantitative estimate of drug-likeness (QED) is 0.0849. The van der Waals surface area contributed by atoms with Gasteiger partial charge in [-0.2, -0.15) is 0 Å². The van der Waals surface area contributed by atoms with Crippen molar-refractivity contribution >= 4 is 11.8 Å². The zero-order valence-corrected chi connectivity index (χ0v) is 30.3. The van der Waals surface area contributed by atoms with E-state index in [0.29, 0.717) is 0 Å². The van der Waals surface area contributed by atoms with Gasteiger partial charge in [0.2, 0.25) is 5.43 Å². The van der Waals surface area contributed by atoms with Crippen molar-refractivity contribution in [2.45, 2.75) is 123 Å². The maximum atomic E-state index is 12.4. The van der Waals surface area contributed by atoms with Crippen LogP contribution in [0.1, 0.15) is 123 Å². The van der Waals surface area contributed by atoms with Crippen LogP contribution < -0.4 is 20.5 Å². The Balaban J connectivity index is 1.32. The third-order valence-corrected chi connectivity index (χ3v) is 10.4. The van der Waals surface area contributed by atoms with E-state index < -0.39 is 22.0 Å². The predicted octanol–water partition coefficient (Wildman–Crippen LogP) is 10.9. The first-order valence-corrected chi connectivity index (χ1v) is 18.7. The minimum Gasteiger partial charge on any atom is -0.504 e. The summed E-state index contributed by atoms with van der Waals surface area (Å²) in [5.74, 6) is 0.488. The van der Waals surface area contributed by atoms with E-state index in [2.05, 4.69) is 106 Å². The monoisotopic (exact) mass is 661 g/mol. The Kier molecular flexibility index (Phi) is 12.2. The zero-order chi connectivity index (χ0) is 35.0. The molecule has 4 aromatic rings. The Bertz CT molecular complexity index is 1770. The van der Waals surface area contributed by atoms with Crippen LogP contribution >= 0.6 is 0 Å². The molecule has 0 bridgehead atoms. The molecule has 5 rings (SSSR count). The minimum atomic E-state index is -0.793. The van der Waals surface area contributed by atoms with Crippen LogP contribution in [0.5, 0.6) is 11.5 Å². The van der Waals surface area contributed by atoms with Crippen molar-refractivity contribution in [1.82, 2.24) is 0 Å². The summed E-state index contributed by atoms with van der Waals surface area (Å²) in [5, 5.41) is 10.3. The predicted molar refractivity (Wildman–Crippen MR) is 206 cm³/mol. The fraction of sp³-hybridized carbons (Fsp3) is 0.455. The van der Waals surface area contributed by atoms with Crippen LogP contribution in [0.4, 0.5) is 5.69 Å². The van der Waals surface area contributed by atoms with Gasteiger partial charge >= 0.3 is 0 Å². The van der Waals surface area contributed by atoms with Crippen molar-refractivity contribution in [3.63, 3.8) is 0 Å². The van der Waals surface area contributed by atoms with Gasteiger partial charge in [0.15, 0.2) is 5.75 Å². The molecule has 1 aliphatic rings. The molecule has 1 N–H and O–H groups in total. The molecular weight excluding hydrogens is 606 g/mol. The molecule has 0 saturated heterocycles. The largest absolute Gasteiger partial charge is 0.504 e. The zero-order valence-electron chi connectivity index (χ0n) is 30.3. The third kappa shape index (κ3) is 8.20. The van der Waals surface area contributed by atoms with Crippen LogP contribution in [-0.2, 0) is 5.41 Å². The standard InChI is InChI=1S/C44H55NO4/c1-6-9-10-11-12-13-14-15-16-17-28-45-39-27-24-34(29-38(39)44(4,5)40(45)30-37-41(46)43(48)42(37)47)33-20-18-31(19-21-33)32-22-25-36(26-23-32)49-35(7-2)8-3/h18-27,29-30,35,46H,6-17,28H2,1-5H3/b40-30+. The lowest BCUT2D eigenvalue weighted by molar-refractivity contribution is 0.193. The second-order valence-electron chi connectivity index (χ2n) is 14.3. The lowest BCUT2D eigenvalue weighted by atomic mass is 9.82. The number of hydrogen-bond acceptors (Lipinski definition) is 5. The number of benzene rings is 3. The van der Waals surface area contributed by atoms with E-state index in [1.54, 1.807) is 6.08 Å². The molecule has 0 unspecified atom stereocenters. The summed E-state index contributed by atoms with van der Waals surface area (Å²) in [4.78, 5) is 26.6. The van der Waals surface area contributed by atoms with Gasteiger partial charge in [-0.1, -0.05) is 135 Å². The molecule has 0 aliphatic carbocycles. The van der Waals surface area contributed by atoms with Crippen LogP contribution in [0.3, 0.4) is 0 Å². The fourth-order valence-corrected chi connectivity index (χ4v) is 7.21. The number of hydrogen-bond donors (Lipinski definition) is 1. The van der Waals surface area contributed by atoms with Crippen molar-refractivity contribution in [3.8, 4) is 33.8 Å². The number of allylic oxidation sites excluding steroid dienone is 1. The van der Waals surface area contributed by atoms with Crippen molar-refractivity contribution in [1.29, 1.82) is 0 Å². The molecule has 0 amide bonds. The first kappa shape index (κ1) is 36.2. The van der Waals surface area contributed by atoms with Gasteiger partial charge in [0.25, 0.3) is 5.43 Å². The summed E-state index contributed by atoms with van der Waals surface area (Å²) in [7, 11) is 0. The summed E-state index contributed by atoms with van der Waals surface area (Å²) in [5.41, 5.74) is 6.12. The molecule has 0 spiro atoms. The second-order valence-corrected chi connectivity index (χ2v) is 14.3. The van der Waals surface area contributed by atoms with E-state index in [0.717, 1.165) is 71.6 Å². The van der Waals surface area contributed by atoms with Gasteiger partial charge in [-0.3, -0.25) is 9.59 Å². The molecule has 5 nitrogen and oxygen atoms in total. The summed E-state index contributed by atoms with van der Waals surface area (Å²) in [6.07, 6.45) is 16.6. The maximum Gasteiger partial charge on any atom is 0.268 e. The maximum absolute atomic E-state index is 12.4. The minimum absolute atomic E-state index is 0.125. The highest BCUT2D eigenvalue weighted by Gasteiger charge is 2.41.